The lowest BCUT2D eigenvalue weighted by Crippen LogP contribution is -2.46. The summed E-state index contributed by atoms with van der Waals surface area (Å²) in [6, 6.07) is 13.0. The first-order valence-electron chi connectivity index (χ1n) is 11.8. The van der Waals surface area contributed by atoms with E-state index in [-0.39, 0.29) is 25.2 Å². The topological polar surface area (TPSA) is 181 Å². The molecule has 0 fully saturated rings. The number of carboxylic acids is 1. The molecule has 0 saturated heterocycles. The predicted molar refractivity (Wildman–Crippen MR) is 138 cm³/mol. The first kappa shape index (κ1) is 29.3. The molecule has 200 valence electrons. The van der Waals surface area contributed by atoms with Crippen molar-refractivity contribution in [1.29, 1.82) is 5.41 Å². The Morgan fingerprint density at radius 3 is 2.22 bits per heavy atom. The fourth-order valence-corrected chi connectivity index (χ4v) is 3.70. The highest BCUT2D eigenvalue weighted by Crippen LogP contribution is 2.22. The third-order valence-corrected chi connectivity index (χ3v) is 5.77. The molecule has 0 aliphatic rings. The van der Waals surface area contributed by atoms with Crippen LogP contribution in [-0.4, -0.2) is 66.5 Å². The molecule has 0 aliphatic carbocycles. The van der Waals surface area contributed by atoms with Gasteiger partial charge in [-0.05, 0) is 42.5 Å². The molecule has 11 nitrogen and oxygen atoms in total. The molecule has 1 amide bonds. The van der Waals surface area contributed by atoms with Gasteiger partial charge in [0, 0.05) is 19.2 Å². The molecule has 0 radical (unpaired) electrons. The average molecular weight is 514 g/mol. The third kappa shape index (κ3) is 9.54. The predicted octanol–water partition coefficient (Wildman–Crippen LogP) is 1.28. The van der Waals surface area contributed by atoms with Crippen LogP contribution in [0.5, 0.6) is 11.5 Å². The highest BCUT2D eigenvalue weighted by Gasteiger charge is 2.26. The highest BCUT2D eigenvalue weighted by atomic mass is 16.5. The fraction of sp³-hybridized carbons (Fsp3) is 0.385. The number of nitrogens with two attached hydrogens (primary N) is 2. The molecule has 2 atom stereocenters. The normalized spacial score (nSPS) is 12.3. The van der Waals surface area contributed by atoms with Crippen LogP contribution in [0.1, 0.15) is 30.4 Å². The Hall–Kier alpha value is -3.96. The maximum absolute atomic E-state index is 13.3. The monoisotopic (exact) mass is 513 g/mol. The van der Waals surface area contributed by atoms with Gasteiger partial charge in [0.1, 0.15) is 17.5 Å². The molecule has 2 rings (SSSR count). The summed E-state index contributed by atoms with van der Waals surface area (Å²) in [4.78, 5) is 38.0. The number of guanidine groups is 1. The van der Waals surface area contributed by atoms with Gasteiger partial charge in [-0.3, -0.25) is 24.7 Å². The summed E-state index contributed by atoms with van der Waals surface area (Å²) in [6.45, 7) is 0.303. The molecular formula is C26H35N5O6. The molecule has 0 bridgehead atoms. The van der Waals surface area contributed by atoms with Gasteiger partial charge in [-0.15, -0.1) is 0 Å². The van der Waals surface area contributed by atoms with Crippen molar-refractivity contribution in [1.82, 2.24) is 10.2 Å². The minimum Gasteiger partial charge on any atom is -0.497 e. The fourth-order valence-electron chi connectivity index (χ4n) is 3.70. The van der Waals surface area contributed by atoms with E-state index in [1.165, 1.54) is 0 Å². The van der Waals surface area contributed by atoms with Crippen molar-refractivity contribution in [3.63, 3.8) is 0 Å². The zero-order chi connectivity index (χ0) is 27.4. The number of hydrogen-bond acceptors (Lipinski definition) is 8. The minimum atomic E-state index is -1.15. The van der Waals surface area contributed by atoms with Crippen molar-refractivity contribution in [2.24, 2.45) is 11.5 Å². The summed E-state index contributed by atoms with van der Waals surface area (Å²) in [5.41, 5.74) is 12.8. The molecule has 0 aliphatic heterocycles. The van der Waals surface area contributed by atoms with Gasteiger partial charge < -0.3 is 31.4 Å². The van der Waals surface area contributed by atoms with Crippen LogP contribution in [0.3, 0.4) is 0 Å². The molecule has 0 spiro atoms. The maximum atomic E-state index is 13.3. The van der Waals surface area contributed by atoms with Gasteiger partial charge in [0.15, 0.2) is 11.7 Å². The zero-order valence-electron chi connectivity index (χ0n) is 21.1. The second kappa shape index (κ2) is 14.6. The van der Waals surface area contributed by atoms with Crippen molar-refractivity contribution >= 4 is 23.6 Å². The van der Waals surface area contributed by atoms with Gasteiger partial charge >= 0.3 is 5.97 Å². The molecule has 0 aromatic heterocycles. The standard InChI is InChI=1S/C26H35N5O6/c1-36-19-11-18(12-20(14-19)37-2)16-30-22(13-17-7-4-3-5-8-17)23(32)15-24(33)31(26(28)29)10-6-9-21(27)25(34)35/h3-5,7-8,11-12,14,21-22,30H,6,9-10,13,15-16,27H2,1-2H3,(H3,28,29)(H,34,35). The van der Waals surface area contributed by atoms with Gasteiger partial charge in [0.05, 0.1) is 26.7 Å². The van der Waals surface area contributed by atoms with E-state index in [1.54, 1.807) is 20.3 Å². The van der Waals surface area contributed by atoms with Crippen LogP contribution in [0.2, 0.25) is 0 Å². The van der Waals surface area contributed by atoms with Gasteiger partial charge in [0.2, 0.25) is 5.91 Å². The summed E-state index contributed by atoms with van der Waals surface area (Å²) >= 11 is 0. The van der Waals surface area contributed by atoms with E-state index in [2.05, 4.69) is 5.32 Å². The third-order valence-electron chi connectivity index (χ3n) is 5.77. The number of carbonyl (C=O) groups excluding carboxylic acids is 2. The van der Waals surface area contributed by atoms with E-state index < -0.39 is 36.3 Å². The van der Waals surface area contributed by atoms with Crippen LogP contribution < -0.4 is 26.3 Å². The maximum Gasteiger partial charge on any atom is 0.320 e. The number of amides is 1. The number of nitrogens with one attached hydrogen (secondary N) is 2. The first-order chi connectivity index (χ1) is 17.6. The van der Waals surface area contributed by atoms with Gasteiger partial charge in [-0.25, -0.2) is 0 Å². The van der Waals surface area contributed by atoms with Gasteiger partial charge in [-0.1, -0.05) is 30.3 Å². The van der Waals surface area contributed by atoms with E-state index in [4.69, 9.17) is 31.5 Å². The Morgan fingerprint density at radius 1 is 1.05 bits per heavy atom. The Labute approximate surface area is 216 Å². The lowest BCUT2D eigenvalue weighted by Gasteiger charge is -2.23. The zero-order valence-corrected chi connectivity index (χ0v) is 21.1. The lowest BCUT2D eigenvalue weighted by atomic mass is 9.99. The van der Waals surface area contributed by atoms with Crippen molar-refractivity contribution in [3.05, 3.63) is 59.7 Å². The number of rotatable bonds is 15. The van der Waals surface area contributed by atoms with Crippen LogP contribution in [0.25, 0.3) is 0 Å². The average Bonchev–Trinajstić information content (AvgIpc) is 2.88. The van der Waals surface area contributed by atoms with E-state index in [0.29, 0.717) is 24.5 Å². The molecule has 11 heteroatoms. The lowest BCUT2D eigenvalue weighted by molar-refractivity contribution is -0.138. The smallest absolute Gasteiger partial charge is 0.320 e. The van der Waals surface area contributed by atoms with Gasteiger partial charge in [-0.2, -0.15) is 0 Å². The molecule has 7 N–H and O–H groups in total. The minimum absolute atomic E-state index is 0.0111. The Balaban J connectivity index is 2.13. The first-order valence-corrected chi connectivity index (χ1v) is 11.8. The van der Waals surface area contributed by atoms with Crippen molar-refractivity contribution in [3.8, 4) is 11.5 Å². The SMILES string of the molecule is COc1cc(CNC(Cc2ccccc2)C(=O)CC(=O)N(CCCC(N)C(=O)O)C(=N)N)cc(OC)c1. The number of carboxylic acid groups (broad SMARTS) is 1. The molecular weight excluding hydrogens is 478 g/mol. The van der Waals surface area contributed by atoms with Crippen LogP contribution in [0, 0.1) is 5.41 Å². The number of carbonyl (C=O) groups is 3. The molecule has 2 unspecified atom stereocenters. The largest absolute Gasteiger partial charge is 0.497 e. The Morgan fingerprint density at radius 2 is 1.68 bits per heavy atom. The molecule has 2 aromatic carbocycles. The Bertz CT molecular complexity index is 1060. The van der Waals surface area contributed by atoms with Crippen molar-refractivity contribution < 1.29 is 29.0 Å². The summed E-state index contributed by atoms with van der Waals surface area (Å²) < 4.78 is 10.6. The summed E-state index contributed by atoms with van der Waals surface area (Å²) in [5, 5.41) is 19.9. The van der Waals surface area contributed by atoms with E-state index >= 15 is 0 Å². The van der Waals surface area contributed by atoms with Crippen LogP contribution in [0.4, 0.5) is 0 Å². The number of hydrogen-bond donors (Lipinski definition) is 5. The summed E-state index contributed by atoms with van der Waals surface area (Å²) in [6.07, 6.45) is 0.191. The second-order valence-electron chi connectivity index (χ2n) is 8.50. The Kier molecular flexibility index (Phi) is 11.5. The molecule has 37 heavy (non-hydrogen) atoms. The number of ketones is 1. The van der Waals surface area contributed by atoms with Crippen LogP contribution in [-0.2, 0) is 27.3 Å². The quantitative estimate of drug-likeness (QED) is 0.133. The number of benzene rings is 2. The molecule has 0 heterocycles. The van der Waals surface area contributed by atoms with Crippen LogP contribution in [0.15, 0.2) is 48.5 Å². The summed E-state index contributed by atoms with van der Waals surface area (Å²) in [5.74, 6) is -1.45. The number of methoxy groups -OCH3 is 2. The van der Waals surface area contributed by atoms with E-state index in [0.717, 1.165) is 16.0 Å². The molecule has 0 saturated carbocycles. The van der Waals surface area contributed by atoms with E-state index in [1.807, 2.05) is 42.5 Å². The highest BCUT2D eigenvalue weighted by molar-refractivity contribution is 6.06. The van der Waals surface area contributed by atoms with Crippen molar-refractivity contribution in [2.45, 2.75) is 44.3 Å². The number of Topliss-reactive ketones (excluding diaryl/α,β-unsaturated/α-hetero) is 1. The van der Waals surface area contributed by atoms with E-state index in [9.17, 15) is 14.4 Å². The summed E-state index contributed by atoms with van der Waals surface area (Å²) in [7, 11) is 3.10. The van der Waals surface area contributed by atoms with Gasteiger partial charge in [0.25, 0.3) is 0 Å². The number of aliphatic carboxylic acids is 1. The number of ether oxygens (including phenoxy) is 2. The molecule has 2 aromatic rings. The number of nitrogens with zero attached hydrogens (tertiary/aromatic N) is 1. The van der Waals surface area contributed by atoms with Crippen molar-refractivity contribution in [2.75, 3.05) is 20.8 Å². The second-order valence-corrected chi connectivity index (χ2v) is 8.50. The van der Waals surface area contributed by atoms with Crippen LogP contribution >= 0.6 is 0 Å².